The maximum Gasteiger partial charge on any atom is 0.263 e. The summed E-state index contributed by atoms with van der Waals surface area (Å²) >= 11 is 0. The fourth-order valence-corrected chi connectivity index (χ4v) is 3.44. The summed E-state index contributed by atoms with van der Waals surface area (Å²) in [5.74, 6) is -2.05. The third-order valence-electron chi connectivity index (χ3n) is 5.15. The summed E-state index contributed by atoms with van der Waals surface area (Å²) < 4.78 is 5.00. The van der Waals surface area contributed by atoms with Crippen molar-refractivity contribution in [2.24, 2.45) is 17.2 Å². The smallest absolute Gasteiger partial charge is 0.263 e. The lowest BCUT2D eigenvalue weighted by Crippen LogP contribution is -2.48. The number of carbonyl (C=O) groups is 3. The molecule has 1 aromatic rings. The van der Waals surface area contributed by atoms with Gasteiger partial charge in [0.05, 0.1) is 19.2 Å². The van der Waals surface area contributed by atoms with Crippen molar-refractivity contribution in [1.29, 1.82) is 0 Å². The number of nitrogens with two attached hydrogens (primary N) is 3. The molecular weight excluding hydrogens is 394 g/mol. The molecule has 1 aliphatic rings. The number of primary amides is 1. The van der Waals surface area contributed by atoms with Crippen molar-refractivity contribution in [3.8, 4) is 11.5 Å². The number of hydrogen-bond acceptors (Lipinski definition) is 8. The van der Waals surface area contributed by atoms with Crippen LogP contribution in [0.4, 0.5) is 0 Å². The molecule has 0 saturated carbocycles. The van der Waals surface area contributed by atoms with Gasteiger partial charge in [-0.2, -0.15) is 0 Å². The monoisotopic (exact) mass is 423 g/mol. The number of unbranched alkanes of at least 4 members (excludes halogenated alkanes) is 1. The molecule has 1 heterocycles. The first-order valence-electron chi connectivity index (χ1n) is 9.66. The fraction of sp³-hybridized carbons (Fsp3) is 0.526. The number of likely N-dealkylation sites (tertiary alicyclic amines) is 1. The van der Waals surface area contributed by atoms with E-state index >= 15 is 0 Å². The summed E-state index contributed by atoms with van der Waals surface area (Å²) in [4.78, 5) is 38.5. The van der Waals surface area contributed by atoms with Crippen LogP contribution in [0.25, 0.3) is 0 Å². The van der Waals surface area contributed by atoms with E-state index in [0.717, 1.165) is 0 Å². The second-order valence-electron chi connectivity index (χ2n) is 7.23. The van der Waals surface area contributed by atoms with Crippen molar-refractivity contribution in [1.82, 2.24) is 9.96 Å². The molecule has 0 bridgehead atoms. The summed E-state index contributed by atoms with van der Waals surface area (Å²) in [5, 5.41) is 20.6. The van der Waals surface area contributed by atoms with Crippen LogP contribution in [0.5, 0.6) is 11.5 Å². The van der Waals surface area contributed by atoms with Crippen LogP contribution in [0, 0.1) is 0 Å². The number of methoxy groups -OCH3 is 1. The van der Waals surface area contributed by atoms with E-state index in [1.54, 1.807) is 0 Å². The first-order chi connectivity index (χ1) is 14.2. The highest BCUT2D eigenvalue weighted by Crippen LogP contribution is 2.29. The molecule has 0 aromatic heterocycles. The van der Waals surface area contributed by atoms with Gasteiger partial charge in [0.15, 0.2) is 11.5 Å². The van der Waals surface area contributed by atoms with Gasteiger partial charge in [-0.05, 0) is 37.6 Å². The van der Waals surface area contributed by atoms with Crippen molar-refractivity contribution >= 4 is 17.7 Å². The summed E-state index contributed by atoms with van der Waals surface area (Å²) in [6.07, 6.45) is 1.68. The predicted octanol–water partition coefficient (Wildman–Crippen LogP) is -0.857. The molecule has 3 amide bonds. The van der Waals surface area contributed by atoms with Gasteiger partial charge in [0.2, 0.25) is 5.91 Å². The van der Waals surface area contributed by atoms with Crippen LogP contribution in [0.2, 0.25) is 0 Å². The molecule has 1 fully saturated rings. The number of benzene rings is 1. The second kappa shape index (κ2) is 10.2. The van der Waals surface area contributed by atoms with E-state index in [2.05, 4.69) is 0 Å². The number of rotatable bonds is 9. The van der Waals surface area contributed by atoms with Crippen LogP contribution in [-0.2, 0) is 9.59 Å². The Kier molecular flexibility index (Phi) is 7.98. The average Bonchev–Trinajstić information content (AvgIpc) is 3.18. The van der Waals surface area contributed by atoms with Gasteiger partial charge in [0, 0.05) is 18.5 Å². The molecule has 166 valence electrons. The van der Waals surface area contributed by atoms with Crippen LogP contribution in [-0.4, -0.2) is 76.3 Å². The van der Waals surface area contributed by atoms with Gasteiger partial charge in [-0.1, -0.05) is 6.42 Å². The van der Waals surface area contributed by atoms with Gasteiger partial charge in [-0.15, -0.1) is 0 Å². The van der Waals surface area contributed by atoms with E-state index in [1.807, 2.05) is 0 Å². The third kappa shape index (κ3) is 5.17. The number of ether oxygens (including phenoxy) is 1. The Bertz CT molecular complexity index is 789. The van der Waals surface area contributed by atoms with E-state index in [0.29, 0.717) is 30.9 Å². The van der Waals surface area contributed by atoms with E-state index < -0.39 is 35.8 Å². The average molecular weight is 423 g/mol. The maximum atomic E-state index is 12.9. The highest BCUT2D eigenvalue weighted by molar-refractivity contribution is 5.98. The molecule has 8 N–H and O–H groups in total. The standard InChI is InChI=1S/C19H29N5O6/c1-30-16-8-11(5-6-15(16)25)18(27)23-10-12(9-14(23)17(22)26)24(29)19(28)13(21)4-2-3-7-20/h5-6,8,12-14,25,29H,2-4,7,9-10,20-21H2,1H3,(H2,22,26)/t12-,13+,14+/m1/s1. The highest BCUT2D eigenvalue weighted by Gasteiger charge is 2.43. The van der Waals surface area contributed by atoms with Gasteiger partial charge < -0.3 is 31.9 Å². The molecule has 1 aliphatic heterocycles. The van der Waals surface area contributed by atoms with Crippen molar-refractivity contribution < 1.29 is 29.4 Å². The Labute approximate surface area is 174 Å². The van der Waals surface area contributed by atoms with E-state index in [-0.39, 0.29) is 30.0 Å². The number of phenols is 1. The van der Waals surface area contributed by atoms with Crippen molar-refractivity contribution in [3.05, 3.63) is 23.8 Å². The molecule has 11 nitrogen and oxygen atoms in total. The lowest BCUT2D eigenvalue weighted by Gasteiger charge is -2.25. The van der Waals surface area contributed by atoms with Crippen LogP contribution in [0.1, 0.15) is 36.0 Å². The van der Waals surface area contributed by atoms with Gasteiger partial charge in [-0.3, -0.25) is 19.6 Å². The summed E-state index contributed by atoms with van der Waals surface area (Å²) in [6, 6.07) is 1.23. The normalized spacial score (nSPS) is 19.4. The molecule has 0 radical (unpaired) electrons. The minimum atomic E-state index is -1.02. The van der Waals surface area contributed by atoms with E-state index in [4.69, 9.17) is 21.9 Å². The molecule has 0 spiro atoms. The molecule has 2 rings (SSSR count). The first-order valence-corrected chi connectivity index (χ1v) is 9.66. The quantitative estimate of drug-likeness (QED) is 0.193. The van der Waals surface area contributed by atoms with Crippen LogP contribution >= 0.6 is 0 Å². The van der Waals surface area contributed by atoms with Crippen LogP contribution in [0.15, 0.2) is 18.2 Å². The number of aromatic hydroxyl groups is 1. The summed E-state index contributed by atoms with van der Waals surface area (Å²) in [7, 11) is 1.34. The number of carbonyl (C=O) groups excluding carboxylic acids is 3. The largest absolute Gasteiger partial charge is 0.504 e. The van der Waals surface area contributed by atoms with Gasteiger partial charge in [-0.25, -0.2) is 5.06 Å². The lowest BCUT2D eigenvalue weighted by molar-refractivity contribution is -0.176. The summed E-state index contributed by atoms with van der Waals surface area (Å²) in [5.41, 5.74) is 16.9. The highest BCUT2D eigenvalue weighted by atomic mass is 16.5. The van der Waals surface area contributed by atoms with Gasteiger partial charge >= 0.3 is 0 Å². The molecule has 0 aliphatic carbocycles. The first kappa shape index (κ1) is 23.4. The molecule has 1 aromatic carbocycles. The molecule has 0 unspecified atom stereocenters. The van der Waals surface area contributed by atoms with Gasteiger partial charge in [0.25, 0.3) is 11.8 Å². The Hall–Kier alpha value is -2.89. The van der Waals surface area contributed by atoms with Crippen LogP contribution < -0.4 is 21.9 Å². The maximum absolute atomic E-state index is 12.9. The van der Waals surface area contributed by atoms with E-state index in [9.17, 15) is 24.7 Å². The van der Waals surface area contributed by atoms with Gasteiger partial charge in [0.1, 0.15) is 6.04 Å². The minimum Gasteiger partial charge on any atom is -0.504 e. The van der Waals surface area contributed by atoms with Crippen molar-refractivity contribution in [2.75, 3.05) is 20.2 Å². The Morgan fingerprint density at radius 3 is 2.63 bits per heavy atom. The zero-order valence-corrected chi connectivity index (χ0v) is 16.9. The fourth-order valence-electron chi connectivity index (χ4n) is 3.44. The number of nitrogens with zero attached hydrogens (tertiary/aromatic N) is 2. The van der Waals surface area contributed by atoms with E-state index in [1.165, 1.54) is 30.2 Å². The molecule has 30 heavy (non-hydrogen) atoms. The lowest BCUT2D eigenvalue weighted by atomic mass is 10.1. The molecule has 3 atom stereocenters. The minimum absolute atomic E-state index is 0.0198. The number of amides is 3. The second-order valence-corrected chi connectivity index (χ2v) is 7.23. The molecule has 11 heteroatoms. The topological polar surface area (TPSA) is 185 Å². The zero-order chi connectivity index (χ0) is 22.4. The third-order valence-corrected chi connectivity index (χ3v) is 5.15. The summed E-state index contributed by atoms with van der Waals surface area (Å²) in [6.45, 7) is 0.374. The predicted molar refractivity (Wildman–Crippen MR) is 107 cm³/mol. The number of phenolic OH excluding ortho intramolecular Hbond substituents is 1. The van der Waals surface area contributed by atoms with Crippen molar-refractivity contribution in [2.45, 2.75) is 43.8 Å². The number of hydroxylamine groups is 2. The van der Waals surface area contributed by atoms with Crippen molar-refractivity contribution in [3.63, 3.8) is 0 Å². The zero-order valence-electron chi connectivity index (χ0n) is 16.9. The SMILES string of the molecule is COc1cc(C(=O)N2C[C@H](N(O)C(=O)[C@@H](N)CCCCN)C[C@H]2C(N)=O)ccc1O. The molecule has 1 saturated heterocycles. The number of hydrogen-bond donors (Lipinski definition) is 5. The molecular formula is C19H29N5O6. The Morgan fingerprint density at radius 1 is 1.33 bits per heavy atom. The Balaban J connectivity index is 2.15. The Morgan fingerprint density at radius 2 is 2.03 bits per heavy atom. The van der Waals surface area contributed by atoms with Crippen LogP contribution in [0.3, 0.4) is 0 Å².